The Kier molecular flexibility index (Phi) is 6.78. The fourth-order valence-corrected chi connectivity index (χ4v) is 3.79. The summed E-state index contributed by atoms with van der Waals surface area (Å²) in [6, 6.07) is 5.84. The number of carbonyl (C=O) groups excluding carboxylic acids is 1. The SMILES string of the molecule is O=C(NCCCNc1nc(Nc2ccc3c(c2)CCNC3)ncc1C(F)(F)F)C1CCC1. The van der Waals surface area contributed by atoms with E-state index < -0.39 is 11.7 Å². The number of halogens is 3. The van der Waals surface area contributed by atoms with E-state index in [2.05, 4.69) is 31.2 Å². The lowest BCUT2D eigenvalue weighted by molar-refractivity contribution is -0.137. The van der Waals surface area contributed by atoms with Crippen molar-refractivity contribution in [1.82, 2.24) is 20.6 Å². The van der Waals surface area contributed by atoms with Gasteiger partial charge in [0.2, 0.25) is 11.9 Å². The summed E-state index contributed by atoms with van der Waals surface area (Å²) >= 11 is 0. The highest BCUT2D eigenvalue weighted by atomic mass is 19.4. The minimum atomic E-state index is -4.57. The molecule has 1 aromatic heterocycles. The van der Waals surface area contributed by atoms with Crippen LogP contribution in [0, 0.1) is 5.92 Å². The molecule has 2 aromatic rings. The molecule has 1 fully saturated rings. The van der Waals surface area contributed by atoms with Crippen molar-refractivity contribution >= 4 is 23.4 Å². The van der Waals surface area contributed by atoms with Gasteiger partial charge in [-0.3, -0.25) is 4.79 Å². The summed E-state index contributed by atoms with van der Waals surface area (Å²) in [5.41, 5.74) is 2.22. The van der Waals surface area contributed by atoms with Gasteiger partial charge in [0, 0.05) is 37.4 Å². The molecule has 0 unspecified atom stereocenters. The van der Waals surface area contributed by atoms with Gasteiger partial charge in [0.25, 0.3) is 0 Å². The minimum absolute atomic E-state index is 0.0292. The van der Waals surface area contributed by atoms with E-state index in [4.69, 9.17) is 0 Å². The van der Waals surface area contributed by atoms with Crippen molar-refractivity contribution in [3.05, 3.63) is 41.1 Å². The number of hydrogen-bond acceptors (Lipinski definition) is 6. The van der Waals surface area contributed by atoms with E-state index in [1.807, 2.05) is 18.2 Å². The monoisotopic (exact) mass is 448 g/mol. The van der Waals surface area contributed by atoms with Crippen LogP contribution in [0.3, 0.4) is 0 Å². The molecule has 1 amide bonds. The van der Waals surface area contributed by atoms with Crippen LogP contribution in [0.5, 0.6) is 0 Å². The zero-order chi connectivity index (χ0) is 22.6. The summed E-state index contributed by atoms with van der Waals surface area (Å²) in [6.07, 6.45) is 0.501. The first-order valence-electron chi connectivity index (χ1n) is 11.0. The molecule has 4 N–H and O–H groups in total. The van der Waals surface area contributed by atoms with Gasteiger partial charge in [-0.25, -0.2) is 4.98 Å². The molecule has 2 heterocycles. The summed E-state index contributed by atoms with van der Waals surface area (Å²) in [4.78, 5) is 19.8. The Morgan fingerprint density at radius 2 is 2.03 bits per heavy atom. The van der Waals surface area contributed by atoms with Gasteiger partial charge < -0.3 is 21.3 Å². The van der Waals surface area contributed by atoms with Crippen molar-refractivity contribution in [1.29, 1.82) is 0 Å². The van der Waals surface area contributed by atoms with Crippen LogP contribution in [-0.4, -0.2) is 35.5 Å². The average Bonchev–Trinajstić information content (AvgIpc) is 2.71. The van der Waals surface area contributed by atoms with Gasteiger partial charge in [0.05, 0.1) is 0 Å². The summed E-state index contributed by atoms with van der Waals surface area (Å²) in [5.74, 6) is -0.0631. The Morgan fingerprint density at radius 1 is 1.19 bits per heavy atom. The maximum atomic E-state index is 13.4. The van der Waals surface area contributed by atoms with E-state index in [1.165, 1.54) is 11.1 Å². The van der Waals surface area contributed by atoms with Crippen molar-refractivity contribution in [3.8, 4) is 0 Å². The van der Waals surface area contributed by atoms with E-state index >= 15 is 0 Å². The van der Waals surface area contributed by atoms with Crippen LogP contribution >= 0.6 is 0 Å². The van der Waals surface area contributed by atoms with Gasteiger partial charge in [0.1, 0.15) is 11.4 Å². The van der Waals surface area contributed by atoms with Crippen LogP contribution in [0.25, 0.3) is 0 Å². The number of alkyl halides is 3. The quantitative estimate of drug-likeness (QED) is 0.462. The Morgan fingerprint density at radius 3 is 2.78 bits per heavy atom. The first-order valence-corrected chi connectivity index (χ1v) is 11.0. The third kappa shape index (κ3) is 5.48. The molecule has 0 saturated heterocycles. The van der Waals surface area contributed by atoms with Crippen LogP contribution in [0.15, 0.2) is 24.4 Å². The standard InChI is InChI=1S/C22H27F3N6O/c23-22(24,25)18-13-29-21(30-17-6-5-16-12-26-10-7-15(16)11-17)31-19(18)27-8-2-9-28-20(32)14-3-1-4-14/h5-6,11,13-14,26H,1-4,7-10,12H2,(H,28,32)(H2,27,29,30,31). The minimum Gasteiger partial charge on any atom is -0.369 e. The lowest BCUT2D eigenvalue weighted by Crippen LogP contribution is -2.35. The van der Waals surface area contributed by atoms with E-state index in [1.54, 1.807) is 0 Å². The number of fused-ring (bicyclic) bond motifs is 1. The number of amides is 1. The lowest BCUT2D eigenvalue weighted by Gasteiger charge is -2.24. The van der Waals surface area contributed by atoms with Crippen molar-refractivity contribution in [2.75, 3.05) is 30.3 Å². The second kappa shape index (κ2) is 9.72. The predicted octanol–water partition coefficient (Wildman–Crippen LogP) is 3.60. The number of carbonyl (C=O) groups is 1. The molecule has 0 radical (unpaired) electrons. The fourth-order valence-electron chi connectivity index (χ4n) is 3.79. The number of nitrogens with zero attached hydrogens (tertiary/aromatic N) is 2. The lowest BCUT2D eigenvalue weighted by atomic mass is 9.85. The van der Waals surface area contributed by atoms with Crippen LogP contribution in [0.1, 0.15) is 42.4 Å². The molecule has 10 heteroatoms. The second-order valence-corrected chi connectivity index (χ2v) is 8.19. The van der Waals surface area contributed by atoms with Crippen LogP contribution < -0.4 is 21.3 Å². The van der Waals surface area contributed by atoms with Gasteiger partial charge in [-0.05, 0) is 55.5 Å². The number of benzene rings is 1. The van der Waals surface area contributed by atoms with Crippen molar-refractivity contribution < 1.29 is 18.0 Å². The number of aromatic nitrogens is 2. The van der Waals surface area contributed by atoms with E-state index in [0.29, 0.717) is 13.0 Å². The smallest absolute Gasteiger partial charge is 0.369 e. The molecular formula is C22H27F3N6O. The summed E-state index contributed by atoms with van der Waals surface area (Å²) in [5, 5.41) is 11.9. The molecule has 32 heavy (non-hydrogen) atoms. The highest BCUT2D eigenvalue weighted by molar-refractivity contribution is 5.79. The molecule has 4 rings (SSSR count). The van der Waals surface area contributed by atoms with E-state index in [-0.39, 0.29) is 30.1 Å². The van der Waals surface area contributed by atoms with E-state index in [0.717, 1.165) is 50.7 Å². The summed E-state index contributed by atoms with van der Waals surface area (Å²) in [6.45, 7) is 2.35. The van der Waals surface area contributed by atoms with Crippen molar-refractivity contribution in [2.24, 2.45) is 5.92 Å². The normalized spacial score (nSPS) is 16.1. The molecule has 7 nitrogen and oxygen atoms in total. The van der Waals surface area contributed by atoms with Crippen LogP contribution in [-0.2, 0) is 23.9 Å². The van der Waals surface area contributed by atoms with Gasteiger partial charge in [0.15, 0.2) is 0 Å². The van der Waals surface area contributed by atoms with Crippen LogP contribution in [0.4, 0.5) is 30.6 Å². The Bertz CT molecular complexity index is 961. The first-order chi connectivity index (χ1) is 15.4. The van der Waals surface area contributed by atoms with Gasteiger partial charge in [-0.15, -0.1) is 0 Å². The molecule has 1 aliphatic carbocycles. The molecule has 1 aliphatic heterocycles. The average molecular weight is 448 g/mol. The largest absolute Gasteiger partial charge is 0.421 e. The number of hydrogen-bond donors (Lipinski definition) is 4. The molecule has 172 valence electrons. The predicted molar refractivity (Wildman–Crippen MR) is 116 cm³/mol. The summed E-state index contributed by atoms with van der Waals surface area (Å²) < 4.78 is 40.2. The first kappa shape index (κ1) is 22.3. The number of nitrogens with one attached hydrogen (secondary N) is 4. The third-order valence-corrected chi connectivity index (χ3v) is 5.86. The maximum Gasteiger partial charge on any atom is 0.421 e. The Labute approximate surface area is 184 Å². The number of anilines is 3. The third-order valence-electron chi connectivity index (χ3n) is 5.86. The molecule has 0 atom stereocenters. The molecule has 1 saturated carbocycles. The van der Waals surface area contributed by atoms with Crippen molar-refractivity contribution in [2.45, 2.75) is 44.8 Å². The Hall–Kier alpha value is -2.88. The van der Waals surface area contributed by atoms with Crippen LogP contribution in [0.2, 0.25) is 0 Å². The molecule has 0 spiro atoms. The molecule has 1 aromatic carbocycles. The zero-order valence-electron chi connectivity index (χ0n) is 17.7. The maximum absolute atomic E-state index is 13.4. The second-order valence-electron chi connectivity index (χ2n) is 8.19. The number of rotatable bonds is 8. The molecule has 2 aliphatic rings. The van der Waals surface area contributed by atoms with Gasteiger partial charge in [-0.2, -0.15) is 18.2 Å². The summed E-state index contributed by atoms with van der Waals surface area (Å²) in [7, 11) is 0. The van der Waals surface area contributed by atoms with Gasteiger partial charge >= 0.3 is 6.18 Å². The fraction of sp³-hybridized carbons (Fsp3) is 0.500. The van der Waals surface area contributed by atoms with E-state index in [9.17, 15) is 18.0 Å². The topological polar surface area (TPSA) is 91.0 Å². The zero-order valence-corrected chi connectivity index (χ0v) is 17.7. The Balaban J connectivity index is 1.38. The molecular weight excluding hydrogens is 421 g/mol. The highest BCUT2D eigenvalue weighted by Crippen LogP contribution is 2.34. The van der Waals surface area contributed by atoms with Gasteiger partial charge in [-0.1, -0.05) is 12.5 Å². The molecule has 0 bridgehead atoms. The highest BCUT2D eigenvalue weighted by Gasteiger charge is 2.35. The van der Waals surface area contributed by atoms with Crippen molar-refractivity contribution in [3.63, 3.8) is 0 Å².